The maximum absolute atomic E-state index is 14.1. The minimum Gasteiger partial charge on any atom is -0.393 e. The summed E-state index contributed by atoms with van der Waals surface area (Å²) < 4.78 is 0. The number of β-amino-alcohol motifs (C(OH)–C–C–N with tert-alkyl or cyclic N) is 1. The summed E-state index contributed by atoms with van der Waals surface area (Å²) in [5.41, 5.74) is 4.36. The van der Waals surface area contributed by atoms with Gasteiger partial charge in [0.05, 0.1) is 16.6 Å². The highest BCUT2D eigenvalue weighted by Crippen LogP contribution is 2.59. The minimum absolute atomic E-state index is 0.0700. The van der Waals surface area contributed by atoms with Crippen LogP contribution in [0.3, 0.4) is 0 Å². The smallest absolute Gasteiger partial charge is 0.203 e. The lowest BCUT2D eigenvalue weighted by Gasteiger charge is -2.47. The van der Waals surface area contributed by atoms with Crippen LogP contribution in [0.25, 0.3) is 0 Å². The number of aryl methyl sites for hydroxylation is 1. The van der Waals surface area contributed by atoms with Crippen molar-refractivity contribution in [1.29, 1.82) is 0 Å². The average Bonchev–Trinajstić information content (AvgIpc) is 3.57. The average molecular weight is 626 g/mol. The molecular weight excluding hydrogens is 575 g/mol. The Morgan fingerprint density at radius 1 is 0.978 bits per heavy atom. The van der Waals surface area contributed by atoms with E-state index in [-0.39, 0.29) is 17.1 Å². The van der Waals surface area contributed by atoms with Crippen molar-refractivity contribution in [3.8, 4) is 0 Å². The second-order valence-electron chi connectivity index (χ2n) is 14.6. The molecule has 5 heteroatoms. The Morgan fingerprint density at radius 3 is 2.49 bits per heavy atom. The van der Waals surface area contributed by atoms with Crippen LogP contribution in [-0.4, -0.2) is 52.2 Å². The number of nitrogens with zero attached hydrogens (tertiary/aromatic N) is 1. The molecule has 240 valence electrons. The number of thiophene rings is 1. The Kier molecular flexibility index (Phi) is 9.82. The van der Waals surface area contributed by atoms with Crippen molar-refractivity contribution in [3.05, 3.63) is 104 Å². The lowest BCUT2D eigenvalue weighted by Crippen LogP contribution is -2.53. The predicted molar refractivity (Wildman–Crippen MR) is 185 cm³/mol. The third-order valence-electron chi connectivity index (χ3n) is 11.4. The molecule has 0 unspecified atom stereocenters. The molecule has 3 aromatic rings. The molecule has 7 rings (SSSR count). The quantitative estimate of drug-likeness (QED) is 0.214. The fourth-order valence-corrected chi connectivity index (χ4v) is 9.37. The number of hydrogen-bond donors (Lipinski definition) is 2. The van der Waals surface area contributed by atoms with Gasteiger partial charge in [-0.15, -0.1) is 11.3 Å². The summed E-state index contributed by atoms with van der Waals surface area (Å²) in [6, 6.07) is 21.2. The van der Waals surface area contributed by atoms with Crippen LogP contribution in [0.5, 0.6) is 0 Å². The number of fused-ring (bicyclic) bond motifs is 8. The molecule has 1 saturated heterocycles. The van der Waals surface area contributed by atoms with Crippen LogP contribution in [0, 0.1) is 18.3 Å². The fourth-order valence-electron chi connectivity index (χ4n) is 8.55. The van der Waals surface area contributed by atoms with E-state index in [1.54, 1.807) is 11.3 Å². The van der Waals surface area contributed by atoms with Gasteiger partial charge < -0.3 is 15.1 Å². The standard InChI is InChI=1S/C40H51NO3S/c1-28-8-7-20-39(3)36(17-21-40(39,44)27-41-22-18-31(19-23-41)24-30-9-5-4-6-10-30)34-15-13-32(25-33(42)14-11-28)26-35(34)38(43)37-16-12-29(2)45-37/h4-6,8-10,12-13,15-16,26,31,33,36,42,44H,7,11,14,17-25,27H2,1-3H3/t33-,36-,39-,40+/m0/s1. The van der Waals surface area contributed by atoms with Gasteiger partial charge in [-0.25, -0.2) is 0 Å². The summed E-state index contributed by atoms with van der Waals surface area (Å²) in [5.74, 6) is 0.841. The van der Waals surface area contributed by atoms with E-state index in [4.69, 9.17) is 0 Å². The number of ketones is 1. The Morgan fingerprint density at radius 2 is 1.76 bits per heavy atom. The van der Waals surface area contributed by atoms with Gasteiger partial charge in [-0.1, -0.05) is 61.0 Å². The van der Waals surface area contributed by atoms with Crippen LogP contribution < -0.4 is 0 Å². The zero-order valence-corrected chi connectivity index (χ0v) is 28.2. The summed E-state index contributed by atoms with van der Waals surface area (Å²) in [5, 5.41) is 23.6. The van der Waals surface area contributed by atoms with E-state index in [1.165, 1.54) is 24.0 Å². The van der Waals surface area contributed by atoms with Crippen LogP contribution in [-0.2, 0) is 12.8 Å². The van der Waals surface area contributed by atoms with E-state index in [1.807, 2.05) is 19.1 Å². The SMILES string of the molecule is CC1=CCC[C@@]2(C)[C@@H](CC[C@@]2(O)CN2CCC(Cc3ccccc3)CC2)c2ccc(cc2C(=O)c2ccc(C)s2)C[C@@H](O)CC1. The molecule has 3 aliphatic carbocycles. The fraction of sp³-hybridized carbons (Fsp3) is 0.525. The number of carbonyl (C=O) groups excluding carboxylic acids is 1. The van der Waals surface area contributed by atoms with Crippen LogP contribution in [0.4, 0.5) is 0 Å². The van der Waals surface area contributed by atoms with Crippen molar-refractivity contribution in [2.75, 3.05) is 19.6 Å². The first-order valence-electron chi connectivity index (χ1n) is 17.2. The summed E-state index contributed by atoms with van der Waals surface area (Å²) >= 11 is 1.55. The Hall–Kier alpha value is -2.57. The molecule has 0 spiro atoms. The maximum atomic E-state index is 14.1. The number of aliphatic hydroxyl groups is 2. The summed E-state index contributed by atoms with van der Waals surface area (Å²) in [7, 11) is 0. The molecule has 1 aromatic heterocycles. The van der Waals surface area contributed by atoms with Crippen molar-refractivity contribution in [2.24, 2.45) is 11.3 Å². The molecule has 4 atom stereocenters. The number of rotatable bonds is 6. The van der Waals surface area contributed by atoms with Crippen molar-refractivity contribution in [1.82, 2.24) is 4.90 Å². The van der Waals surface area contributed by atoms with Gasteiger partial charge in [-0.3, -0.25) is 4.79 Å². The molecular formula is C40H51NO3S. The van der Waals surface area contributed by atoms with E-state index >= 15 is 0 Å². The third kappa shape index (κ3) is 7.07. The van der Waals surface area contributed by atoms with Crippen LogP contribution >= 0.6 is 11.3 Å². The molecule has 2 N–H and O–H groups in total. The zero-order valence-electron chi connectivity index (χ0n) is 27.4. The highest BCUT2D eigenvalue weighted by Gasteiger charge is 2.57. The molecule has 2 bridgehead atoms. The number of aliphatic hydroxyl groups excluding tert-OH is 1. The van der Waals surface area contributed by atoms with Gasteiger partial charge in [0.1, 0.15) is 0 Å². The van der Waals surface area contributed by atoms with Crippen molar-refractivity contribution in [3.63, 3.8) is 0 Å². The van der Waals surface area contributed by atoms with E-state index in [0.717, 1.165) is 78.1 Å². The second-order valence-corrected chi connectivity index (χ2v) is 15.9. The van der Waals surface area contributed by atoms with Crippen molar-refractivity contribution < 1.29 is 15.0 Å². The van der Waals surface area contributed by atoms with E-state index in [9.17, 15) is 15.0 Å². The first-order valence-corrected chi connectivity index (χ1v) is 18.0. The number of hydrogen-bond acceptors (Lipinski definition) is 5. The lowest BCUT2D eigenvalue weighted by atomic mass is 9.64. The van der Waals surface area contributed by atoms with E-state index in [0.29, 0.717) is 25.3 Å². The molecule has 0 radical (unpaired) electrons. The highest BCUT2D eigenvalue weighted by atomic mass is 32.1. The van der Waals surface area contributed by atoms with Crippen LogP contribution in [0.1, 0.15) is 108 Å². The summed E-state index contributed by atoms with van der Waals surface area (Å²) in [6.45, 7) is 9.27. The van der Waals surface area contributed by atoms with E-state index in [2.05, 4.69) is 73.4 Å². The Labute approximate surface area is 274 Å². The molecule has 1 aliphatic heterocycles. The maximum Gasteiger partial charge on any atom is 0.203 e. The van der Waals surface area contributed by atoms with Gasteiger partial charge in [-0.2, -0.15) is 0 Å². The largest absolute Gasteiger partial charge is 0.393 e. The second kappa shape index (κ2) is 13.7. The Balaban J connectivity index is 1.29. The van der Waals surface area contributed by atoms with E-state index < -0.39 is 11.7 Å². The molecule has 0 amide bonds. The van der Waals surface area contributed by atoms with Gasteiger partial charge in [0.25, 0.3) is 0 Å². The number of benzene rings is 2. The molecule has 4 aliphatic rings. The summed E-state index contributed by atoms with van der Waals surface area (Å²) in [4.78, 5) is 18.5. The van der Waals surface area contributed by atoms with Gasteiger partial charge >= 0.3 is 0 Å². The molecule has 2 aromatic carbocycles. The first-order chi connectivity index (χ1) is 21.6. The molecule has 1 saturated carbocycles. The molecule has 2 fully saturated rings. The third-order valence-corrected chi connectivity index (χ3v) is 12.4. The molecule has 45 heavy (non-hydrogen) atoms. The topological polar surface area (TPSA) is 60.8 Å². The van der Waals surface area contributed by atoms with Gasteiger partial charge in [-0.05, 0) is 138 Å². The first kappa shape index (κ1) is 32.4. The number of piperidine rings is 1. The molecule has 4 nitrogen and oxygen atoms in total. The van der Waals surface area contributed by atoms with Gasteiger partial charge in [0.15, 0.2) is 0 Å². The Bertz CT molecular complexity index is 1500. The van der Waals surface area contributed by atoms with Gasteiger partial charge in [0.2, 0.25) is 5.78 Å². The monoisotopic (exact) mass is 625 g/mol. The van der Waals surface area contributed by atoms with Gasteiger partial charge in [0, 0.05) is 22.4 Å². The summed E-state index contributed by atoms with van der Waals surface area (Å²) in [6.07, 6.45) is 10.8. The molecule has 2 heterocycles. The minimum atomic E-state index is -0.836. The number of likely N-dealkylation sites (tertiary alicyclic amines) is 1. The van der Waals surface area contributed by atoms with Crippen molar-refractivity contribution >= 4 is 17.1 Å². The zero-order chi connectivity index (χ0) is 31.6. The van der Waals surface area contributed by atoms with Crippen molar-refractivity contribution in [2.45, 2.75) is 103 Å². The predicted octanol–water partition coefficient (Wildman–Crippen LogP) is 8.28. The number of allylic oxidation sites excluding steroid dienone is 2. The van der Waals surface area contributed by atoms with Crippen LogP contribution in [0.15, 0.2) is 72.3 Å². The highest BCUT2D eigenvalue weighted by molar-refractivity contribution is 7.14. The normalized spacial score (nSPS) is 28.4. The van der Waals surface area contributed by atoms with Crippen LogP contribution in [0.2, 0.25) is 0 Å². The number of carbonyl (C=O) groups is 1. The lowest BCUT2D eigenvalue weighted by molar-refractivity contribution is -0.0873.